The van der Waals surface area contributed by atoms with Gasteiger partial charge < -0.3 is 4.90 Å². The molecule has 0 radical (unpaired) electrons. The zero-order chi connectivity index (χ0) is 11.5. The van der Waals surface area contributed by atoms with E-state index in [0.29, 0.717) is 18.9 Å². The first kappa shape index (κ1) is 11.9. The first-order valence-corrected chi connectivity index (χ1v) is 6.77. The molecule has 16 heavy (non-hydrogen) atoms. The van der Waals surface area contributed by atoms with Crippen LogP contribution >= 0.6 is 27.5 Å². The van der Waals surface area contributed by atoms with E-state index in [9.17, 15) is 4.79 Å². The number of rotatable bonds is 3. The average molecular weight is 303 g/mol. The van der Waals surface area contributed by atoms with Crippen molar-refractivity contribution >= 4 is 33.4 Å². The molecule has 1 saturated heterocycles. The van der Waals surface area contributed by atoms with E-state index in [-0.39, 0.29) is 5.91 Å². The van der Waals surface area contributed by atoms with Crippen LogP contribution in [0.5, 0.6) is 0 Å². The minimum absolute atomic E-state index is 0.240. The van der Waals surface area contributed by atoms with Crippen LogP contribution in [0, 0.1) is 5.92 Å². The summed E-state index contributed by atoms with van der Waals surface area (Å²) in [7, 11) is 0. The molecule has 0 aromatic heterocycles. The van der Waals surface area contributed by atoms with E-state index >= 15 is 0 Å². The Bertz CT molecular complexity index is 396. The van der Waals surface area contributed by atoms with Crippen molar-refractivity contribution in [3.05, 3.63) is 34.9 Å². The van der Waals surface area contributed by atoms with Gasteiger partial charge in [-0.2, -0.15) is 0 Å². The fraction of sp³-hybridized carbons (Fsp3) is 0.417. The van der Waals surface area contributed by atoms with E-state index in [4.69, 9.17) is 11.6 Å². The summed E-state index contributed by atoms with van der Waals surface area (Å²) in [6, 6.07) is 7.68. The molecule has 0 bridgehead atoms. The maximum absolute atomic E-state index is 11.7. The Balaban J connectivity index is 2.03. The Morgan fingerprint density at radius 1 is 1.50 bits per heavy atom. The molecule has 1 aromatic rings. The second-order valence-corrected chi connectivity index (χ2v) is 5.21. The first-order chi connectivity index (χ1) is 7.69. The van der Waals surface area contributed by atoms with Crippen LogP contribution in [0.1, 0.15) is 12.0 Å². The van der Waals surface area contributed by atoms with Crippen molar-refractivity contribution in [2.24, 2.45) is 5.92 Å². The number of carbonyl (C=O) groups is 1. The van der Waals surface area contributed by atoms with Crippen LogP contribution in [-0.2, 0) is 11.3 Å². The standard InChI is InChI=1S/C12H13BrClNO/c13-6-10-5-12(16)15(8-10)7-9-2-1-3-11(14)4-9/h1-4,10H,5-8H2. The van der Waals surface area contributed by atoms with Gasteiger partial charge in [0.1, 0.15) is 0 Å². The molecule has 2 nitrogen and oxygen atoms in total. The van der Waals surface area contributed by atoms with Gasteiger partial charge >= 0.3 is 0 Å². The molecule has 0 aliphatic carbocycles. The van der Waals surface area contributed by atoms with Gasteiger partial charge in [0.15, 0.2) is 0 Å². The van der Waals surface area contributed by atoms with Crippen LogP contribution in [0.25, 0.3) is 0 Å². The number of hydrogen-bond acceptors (Lipinski definition) is 1. The molecule has 86 valence electrons. The van der Waals surface area contributed by atoms with Crippen LogP contribution in [0.2, 0.25) is 5.02 Å². The molecule has 0 N–H and O–H groups in total. The van der Waals surface area contributed by atoms with Crippen LogP contribution in [0.3, 0.4) is 0 Å². The van der Waals surface area contributed by atoms with E-state index in [1.54, 1.807) is 0 Å². The highest BCUT2D eigenvalue weighted by Gasteiger charge is 2.28. The van der Waals surface area contributed by atoms with Gasteiger partial charge in [-0.1, -0.05) is 39.7 Å². The zero-order valence-corrected chi connectivity index (χ0v) is 11.2. The predicted molar refractivity (Wildman–Crippen MR) is 68.8 cm³/mol. The highest BCUT2D eigenvalue weighted by atomic mass is 79.9. The quantitative estimate of drug-likeness (QED) is 0.786. The van der Waals surface area contributed by atoms with Crippen molar-refractivity contribution in [1.82, 2.24) is 4.90 Å². The first-order valence-electron chi connectivity index (χ1n) is 5.27. The smallest absolute Gasteiger partial charge is 0.223 e. The number of halogens is 2. The summed E-state index contributed by atoms with van der Waals surface area (Å²) in [4.78, 5) is 13.6. The molecule has 1 heterocycles. The molecule has 4 heteroatoms. The topological polar surface area (TPSA) is 20.3 Å². The van der Waals surface area contributed by atoms with Gasteiger partial charge in [0.2, 0.25) is 5.91 Å². The molecular weight excluding hydrogens is 289 g/mol. The number of nitrogens with zero attached hydrogens (tertiary/aromatic N) is 1. The van der Waals surface area contributed by atoms with E-state index in [1.807, 2.05) is 29.2 Å². The van der Waals surface area contributed by atoms with Crippen molar-refractivity contribution in [2.45, 2.75) is 13.0 Å². The van der Waals surface area contributed by atoms with E-state index < -0.39 is 0 Å². The van der Waals surface area contributed by atoms with E-state index in [0.717, 1.165) is 22.5 Å². The Kier molecular flexibility index (Phi) is 3.87. The maximum atomic E-state index is 11.7. The van der Waals surface area contributed by atoms with Crippen molar-refractivity contribution in [3.8, 4) is 0 Å². The summed E-state index contributed by atoms with van der Waals surface area (Å²) in [6.07, 6.45) is 0.659. The lowest BCUT2D eigenvalue weighted by molar-refractivity contribution is -0.128. The monoisotopic (exact) mass is 301 g/mol. The minimum atomic E-state index is 0.240. The number of hydrogen-bond donors (Lipinski definition) is 0. The molecule has 1 atom stereocenters. The number of likely N-dealkylation sites (tertiary alicyclic amines) is 1. The maximum Gasteiger partial charge on any atom is 0.223 e. The zero-order valence-electron chi connectivity index (χ0n) is 8.83. The molecule has 2 rings (SSSR count). The summed E-state index contributed by atoms with van der Waals surface area (Å²) in [5, 5.41) is 1.62. The average Bonchev–Trinajstić information content (AvgIpc) is 2.60. The Labute approximate surface area is 109 Å². The van der Waals surface area contributed by atoms with Crippen molar-refractivity contribution in [1.29, 1.82) is 0 Å². The van der Waals surface area contributed by atoms with Gasteiger partial charge in [-0.05, 0) is 23.6 Å². The van der Waals surface area contributed by atoms with Crippen LogP contribution in [0.4, 0.5) is 0 Å². The normalized spacial score (nSPS) is 20.5. The molecule has 1 fully saturated rings. The van der Waals surface area contributed by atoms with Crippen molar-refractivity contribution in [3.63, 3.8) is 0 Å². The summed E-state index contributed by atoms with van der Waals surface area (Å²) >= 11 is 9.34. The molecule has 1 aliphatic heterocycles. The highest BCUT2D eigenvalue weighted by molar-refractivity contribution is 9.09. The number of carbonyl (C=O) groups excluding carboxylic acids is 1. The Hall–Kier alpha value is -0.540. The number of benzene rings is 1. The van der Waals surface area contributed by atoms with E-state index in [2.05, 4.69) is 15.9 Å². The van der Waals surface area contributed by atoms with Gasteiger partial charge in [-0.25, -0.2) is 0 Å². The Morgan fingerprint density at radius 3 is 2.94 bits per heavy atom. The van der Waals surface area contributed by atoms with Gasteiger partial charge in [0.25, 0.3) is 0 Å². The summed E-state index contributed by atoms with van der Waals surface area (Å²) in [5.74, 6) is 0.691. The van der Waals surface area contributed by atoms with Gasteiger partial charge in [-0.15, -0.1) is 0 Å². The second kappa shape index (κ2) is 5.19. The van der Waals surface area contributed by atoms with E-state index in [1.165, 1.54) is 0 Å². The highest BCUT2D eigenvalue weighted by Crippen LogP contribution is 2.22. The summed E-state index contributed by atoms with van der Waals surface area (Å²) in [5.41, 5.74) is 1.09. The third-order valence-corrected chi connectivity index (χ3v) is 3.93. The van der Waals surface area contributed by atoms with Crippen molar-refractivity contribution in [2.75, 3.05) is 11.9 Å². The SMILES string of the molecule is O=C1CC(CBr)CN1Cc1cccc(Cl)c1. The minimum Gasteiger partial charge on any atom is -0.338 e. The fourth-order valence-electron chi connectivity index (χ4n) is 1.97. The molecule has 0 spiro atoms. The lowest BCUT2D eigenvalue weighted by Crippen LogP contribution is -2.24. The number of alkyl halides is 1. The van der Waals surface area contributed by atoms with Crippen LogP contribution < -0.4 is 0 Å². The second-order valence-electron chi connectivity index (χ2n) is 4.13. The molecule has 0 saturated carbocycles. The molecular formula is C12H13BrClNO. The molecule has 1 unspecified atom stereocenters. The summed E-state index contributed by atoms with van der Waals surface area (Å²) < 4.78 is 0. The van der Waals surface area contributed by atoms with Gasteiger partial charge in [0.05, 0.1) is 0 Å². The molecule has 1 aliphatic rings. The third kappa shape index (κ3) is 2.77. The summed E-state index contributed by atoms with van der Waals surface area (Å²) in [6.45, 7) is 1.51. The third-order valence-electron chi connectivity index (χ3n) is 2.78. The van der Waals surface area contributed by atoms with Gasteiger partial charge in [-0.3, -0.25) is 4.79 Å². The Morgan fingerprint density at radius 2 is 2.31 bits per heavy atom. The van der Waals surface area contributed by atoms with Crippen LogP contribution in [0.15, 0.2) is 24.3 Å². The number of amides is 1. The lowest BCUT2D eigenvalue weighted by atomic mass is 10.2. The van der Waals surface area contributed by atoms with Crippen molar-refractivity contribution < 1.29 is 4.79 Å². The van der Waals surface area contributed by atoms with Crippen LogP contribution in [-0.4, -0.2) is 22.7 Å². The molecule has 1 aromatic carbocycles. The predicted octanol–water partition coefficient (Wildman–Crippen LogP) is 3.08. The fourth-order valence-corrected chi connectivity index (χ4v) is 2.61. The largest absolute Gasteiger partial charge is 0.338 e. The van der Waals surface area contributed by atoms with Gasteiger partial charge in [0, 0.05) is 29.9 Å². The molecule has 1 amide bonds. The lowest BCUT2D eigenvalue weighted by Gasteiger charge is -2.16.